The van der Waals surface area contributed by atoms with E-state index in [1.54, 1.807) is 0 Å². The molecule has 0 aliphatic carbocycles. The standard InChI is InChI=1S/C10H17NS2/c1-5-9(11-4)10-6-12-7(2)8(3)13-10/h1,7-11H,6H2,2-4H3. The van der Waals surface area contributed by atoms with Gasteiger partial charge in [-0.1, -0.05) is 19.8 Å². The third-order valence-electron chi connectivity index (χ3n) is 2.44. The van der Waals surface area contributed by atoms with Crippen LogP contribution < -0.4 is 5.32 Å². The van der Waals surface area contributed by atoms with E-state index in [9.17, 15) is 0 Å². The van der Waals surface area contributed by atoms with Gasteiger partial charge in [0, 0.05) is 21.5 Å². The lowest BCUT2D eigenvalue weighted by molar-refractivity contribution is 0.675. The molecule has 4 atom stereocenters. The predicted octanol–water partition coefficient (Wildman–Crippen LogP) is 1.83. The second kappa shape index (κ2) is 5.19. The van der Waals surface area contributed by atoms with Gasteiger partial charge in [0.2, 0.25) is 0 Å². The van der Waals surface area contributed by atoms with Crippen LogP contribution in [0.2, 0.25) is 0 Å². The average Bonchev–Trinajstić information content (AvgIpc) is 2.13. The van der Waals surface area contributed by atoms with Crippen LogP contribution in [0.1, 0.15) is 13.8 Å². The Kier molecular flexibility index (Phi) is 4.51. The second-order valence-corrected chi connectivity index (χ2v) is 6.38. The van der Waals surface area contributed by atoms with E-state index in [4.69, 9.17) is 6.42 Å². The third kappa shape index (κ3) is 2.83. The molecule has 74 valence electrons. The molecule has 1 fully saturated rings. The van der Waals surface area contributed by atoms with E-state index in [-0.39, 0.29) is 6.04 Å². The van der Waals surface area contributed by atoms with Gasteiger partial charge in [0.15, 0.2) is 0 Å². The van der Waals surface area contributed by atoms with Crippen LogP contribution in [-0.2, 0) is 0 Å². The summed E-state index contributed by atoms with van der Waals surface area (Å²) in [6.07, 6.45) is 5.46. The highest BCUT2D eigenvalue weighted by Crippen LogP contribution is 2.36. The first kappa shape index (κ1) is 11.3. The SMILES string of the molecule is C#CC(NC)C1CSC(C)C(C)S1. The van der Waals surface area contributed by atoms with Crippen LogP contribution in [0.5, 0.6) is 0 Å². The minimum atomic E-state index is 0.229. The van der Waals surface area contributed by atoms with Gasteiger partial charge in [-0.25, -0.2) is 0 Å². The molecule has 0 amide bonds. The highest BCUT2D eigenvalue weighted by Gasteiger charge is 2.29. The maximum atomic E-state index is 5.46. The van der Waals surface area contributed by atoms with Gasteiger partial charge < -0.3 is 5.32 Å². The molecule has 3 heteroatoms. The number of hydrogen-bond acceptors (Lipinski definition) is 3. The summed E-state index contributed by atoms with van der Waals surface area (Å²) in [5, 5.41) is 5.24. The van der Waals surface area contributed by atoms with Gasteiger partial charge >= 0.3 is 0 Å². The Bertz CT molecular complexity index is 200. The molecule has 1 saturated heterocycles. The summed E-state index contributed by atoms with van der Waals surface area (Å²) >= 11 is 4.06. The van der Waals surface area contributed by atoms with E-state index in [0.29, 0.717) is 10.5 Å². The van der Waals surface area contributed by atoms with Crippen LogP contribution in [0.3, 0.4) is 0 Å². The lowest BCUT2D eigenvalue weighted by Crippen LogP contribution is -2.40. The molecule has 0 radical (unpaired) electrons. The number of terminal acetylenes is 1. The Hall–Kier alpha value is 0.220. The molecule has 13 heavy (non-hydrogen) atoms. The van der Waals surface area contributed by atoms with Crippen molar-refractivity contribution < 1.29 is 0 Å². The summed E-state index contributed by atoms with van der Waals surface area (Å²) < 4.78 is 0. The van der Waals surface area contributed by atoms with Crippen LogP contribution >= 0.6 is 23.5 Å². The normalized spacial score (nSPS) is 36.6. The molecular formula is C10H17NS2. The maximum Gasteiger partial charge on any atom is 0.0812 e. The molecule has 0 aromatic rings. The van der Waals surface area contributed by atoms with Crippen molar-refractivity contribution in [1.29, 1.82) is 0 Å². The third-order valence-corrected chi connectivity index (χ3v) is 5.93. The minimum Gasteiger partial charge on any atom is -0.306 e. The average molecular weight is 215 g/mol. The molecule has 0 saturated carbocycles. The zero-order valence-corrected chi connectivity index (χ0v) is 10.0. The van der Waals surface area contributed by atoms with Crippen molar-refractivity contribution in [1.82, 2.24) is 5.32 Å². The van der Waals surface area contributed by atoms with E-state index >= 15 is 0 Å². The number of hydrogen-bond donors (Lipinski definition) is 1. The van der Waals surface area contributed by atoms with Crippen molar-refractivity contribution >= 4 is 23.5 Å². The molecular weight excluding hydrogens is 198 g/mol. The quantitative estimate of drug-likeness (QED) is 0.706. The fraction of sp³-hybridized carbons (Fsp3) is 0.800. The van der Waals surface area contributed by atoms with Crippen molar-refractivity contribution in [2.75, 3.05) is 12.8 Å². The lowest BCUT2D eigenvalue weighted by Gasteiger charge is -2.33. The summed E-state index contributed by atoms with van der Waals surface area (Å²) in [5.74, 6) is 3.98. The molecule has 1 heterocycles. The Morgan fingerprint density at radius 3 is 2.62 bits per heavy atom. The predicted molar refractivity (Wildman–Crippen MR) is 64.4 cm³/mol. The van der Waals surface area contributed by atoms with Crippen LogP contribution in [0.4, 0.5) is 0 Å². The Labute approximate surface area is 89.8 Å². The van der Waals surface area contributed by atoms with Crippen LogP contribution in [0.15, 0.2) is 0 Å². The first-order chi connectivity index (χ1) is 6.19. The molecule has 1 aliphatic rings. The molecule has 0 aromatic heterocycles. The van der Waals surface area contributed by atoms with Crippen LogP contribution in [-0.4, -0.2) is 34.6 Å². The summed E-state index contributed by atoms with van der Waals surface area (Å²) in [6.45, 7) is 4.58. The second-order valence-electron chi connectivity index (χ2n) is 3.35. The molecule has 1 aliphatic heterocycles. The summed E-state index contributed by atoms with van der Waals surface area (Å²) in [6, 6.07) is 0.229. The number of rotatable bonds is 2. The molecule has 1 N–H and O–H groups in total. The Morgan fingerprint density at radius 1 is 1.46 bits per heavy atom. The van der Waals surface area contributed by atoms with Gasteiger partial charge in [0.25, 0.3) is 0 Å². The van der Waals surface area contributed by atoms with E-state index in [0.717, 1.165) is 5.25 Å². The van der Waals surface area contributed by atoms with Gasteiger partial charge in [-0.2, -0.15) is 23.5 Å². The first-order valence-corrected chi connectivity index (χ1v) is 6.58. The highest BCUT2D eigenvalue weighted by molar-refractivity contribution is 8.07. The van der Waals surface area contributed by atoms with E-state index < -0.39 is 0 Å². The fourth-order valence-electron chi connectivity index (χ4n) is 1.36. The number of nitrogens with one attached hydrogen (secondary N) is 1. The van der Waals surface area contributed by atoms with Crippen molar-refractivity contribution in [2.45, 2.75) is 35.6 Å². The summed E-state index contributed by atoms with van der Waals surface area (Å²) in [5.41, 5.74) is 0. The maximum absolute atomic E-state index is 5.46. The Morgan fingerprint density at radius 2 is 2.15 bits per heavy atom. The van der Waals surface area contributed by atoms with E-state index in [1.165, 1.54) is 5.75 Å². The zero-order valence-electron chi connectivity index (χ0n) is 8.41. The van der Waals surface area contributed by atoms with Crippen molar-refractivity contribution in [3.8, 4) is 12.3 Å². The van der Waals surface area contributed by atoms with E-state index in [1.807, 2.05) is 30.6 Å². The zero-order chi connectivity index (χ0) is 9.84. The van der Waals surface area contributed by atoms with Crippen molar-refractivity contribution in [3.05, 3.63) is 0 Å². The molecule has 0 spiro atoms. The first-order valence-electron chi connectivity index (χ1n) is 4.59. The van der Waals surface area contributed by atoms with Gasteiger partial charge in [0.1, 0.15) is 0 Å². The molecule has 4 unspecified atom stereocenters. The number of thioether (sulfide) groups is 2. The lowest BCUT2D eigenvalue weighted by atomic mass is 10.2. The van der Waals surface area contributed by atoms with Gasteiger partial charge in [-0.3, -0.25) is 0 Å². The molecule has 1 nitrogen and oxygen atoms in total. The smallest absolute Gasteiger partial charge is 0.0812 e. The molecule has 0 bridgehead atoms. The van der Waals surface area contributed by atoms with Crippen molar-refractivity contribution in [2.24, 2.45) is 0 Å². The summed E-state index contributed by atoms with van der Waals surface area (Å²) in [4.78, 5) is 0. The van der Waals surface area contributed by atoms with Crippen molar-refractivity contribution in [3.63, 3.8) is 0 Å². The highest BCUT2D eigenvalue weighted by atomic mass is 32.2. The van der Waals surface area contributed by atoms with Gasteiger partial charge in [-0.05, 0) is 7.05 Å². The fourth-order valence-corrected chi connectivity index (χ4v) is 4.44. The largest absolute Gasteiger partial charge is 0.306 e. The van der Waals surface area contributed by atoms with Crippen LogP contribution in [0.25, 0.3) is 0 Å². The molecule has 1 rings (SSSR count). The van der Waals surface area contributed by atoms with Gasteiger partial charge in [-0.15, -0.1) is 6.42 Å². The minimum absolute atomic E-state index is 0.229. The topological polar surface area (TPSA) is 12.0 Å². The van der Waals surface area contributed by atoms with Gasteiger partial charge in [0.05, 0.1) is 6.04 Å². The Balaban J connectivity index is 2.50. The van der Waals surface area contributed by atoms with E-state index in [2.05, 4.69) is 25.1 Å². The molecule has 0 aromatic carbocycles. The monoisotopic (exact) mass is 215 g/mol. The van der Waals surface area contributed by atoms with Crippen LogP contribution in [0, 0.1) is 12.3 Å². The summed E-state index contributed by atoms with van der Waals surface area (Å²) in [7, 11) is 1.94.